The summed E-state index contributed by atoms with van der Waals surface area (Å²) < 4.78 is 0. The molecule has 2 rings (SSSR count). The average Bonchev–Trinajstić information content (AvgIpc) is 2.51. The summed E-state index contributed by atoms with van der Waals surface area (Å²) in [6.45, 7) is 1.71. The lowest BCUT2D eigenvalue weighted by atomic mass is 10.2. The number of rotatable bonds is 5. The highest BCUT2D eigenvalue weighted by molar-refractivity contribution is 6.39. The average molecular weight is 351 g/mol. The standard InChI is InChI=1S/C17H16Cl2N2O2/c1-12(22)21(10-13-6-3-2-4-7-13)11-16(23)20-17-14(18)8-5-9-15(17)19/h2-9H,10-11H2,1H3,(H,20,23). The number of para-hydroxylation sites is 1. The molecule has 23 heavy (non-hydrogen) atoms. The van der Waals surface area contributed by atoms with Crippen LogP contribution in [0.3, 0.4) is 0 Å². The van der Waals surface area contributed by atoms with E-state index in [0.29, 0.717) is 22.3 Å². The maximum atomic E-state index is 12.2. The third-order valence-electron chi connectivity index (χ3n) is 3.22. The topological polar surface area (TPSA) is 49.4 Å². The summed E-state index contributed by atoms with van der Waals surface area (Å²) >= 11 is 12.0. The summed E-state index contributed by atoms with van der Waals surface area (Å²) in [6, 6.07) is 14.4. The summed E-state index contributed by atoms with van der Waals surface area (Å²) in [5.74, 6) is -0.541. The zero-order valence-corrected chi connectivity index (χ0v) is 14.1. The first kappa shape index (κ1) is 17.3. The second-order valence-electron chi connectivity index (χ2n) is 5.01. The number of hydrogen-bond donors (Lipinski definition) is 1. The van der Waals surface area contributed by atoms with Gasteiger partial charge in [-0.1, -0.05) is 59.6 Å². The van der Waals surface area contributed by atoms with E-state index in [1.165, 1.54) is 11.8 Å². The molecular weight excluding hydrogens is 335 g/mol. The third-order valence-corrected chi connectivity index (χ3v) is 3.85. The number of hydrogen-bond acceptors (Lipinski definition) is 2. The Labute approximate surface area is 145 Å². The first-order valence-corrected chi connectivity index (χ1v) is 7.76. The van der Waals surface area contributed by atoms with Gasteiger partial charge in [0.15, 0.2) is 0 Å². The van der Waals surface area contributed by atoms with Crippen LogP contribution >= 0.6 is 23.2 Å². The van der Waals surface area contributed by atoms with E-state index < -0.39 is 0 Å². The molecule has 1 N–H and O–H groups in total. The molecule has 0 atom stereocenters. The monoisotopic (exact) mass is 350 g/mol. The van der Waals surface area contributed by atoms with Gasteiger partial charge in [-0.05, 0) is 17.7 Å². The van der Waals surface area contributed by atoms with E-state index >= 15 is 0 Å². The van der Waals surface area contributed by atoms with E-state index in [0.717, 1.165) is 5.56 Å². The molecule has 0 aliphatic heterocycles. The van der Waals surface area contributed by atoms with Gasteiger partial charge >= 0.3 is 0 Å². The molecule has 0 radical (unpaired) electrons. The number of carbonyl (C=O) groups excluding carboxylic acids is 2. The van der Waals surface area contributed by atoms with Crippen molar-refractivity contribution in [2.24, 2.45) is 0 Å². The summed E-state index contributed by atoms with van der Waals surface area (Å²) in [5.41, 5.74) is 1.30. The molecule has 0 saturated carbocycles. The smallest absolute Gasteiger partial charge is 0.244 e. The predicted molar refractivity (Wildman–Crippen MR) is 92.6 cm³/mol. The van der Waals surface area contributed by atoms with Gasteiger partial charge in [0.1, 0.15) is 6.54 Å². The van der Waals surface area contributed by atoms with Gasteiger partial charge in [-0.25, -0.2) is 0 Å². The van der Waals surface area contributed by atoms with E-state index in [1.807, 2.05) is 30.3 Å². The second-order valence-corrected chi connectivity index (χ2v) is 5.82. The number of carbonyl (C=O) groups is 2. The largest absolute Gasteiger partial charge is 0.329 e. The Morgan fingerprint density at radius 3 is 2.17 bits per heavy atom. The fourth-order valence-electron chi connectivity index (χ4n) is 2.05. The molecule has 0 heterocycles. The van der Waals surface area contributed by atoms with Crippen molar-refractivity contribution in [3.8, 4) is 0 Å². The number of benzene rings is 2. The van der Waals surface area contributed by atoms with Crippen LogP contribution in [0.5, 0.6) is 0 Å². The van der Waals surface area contributed by atoms with Crippen molar-refractivity contribution in [1.29, 1.82) is 0 Å². The molecular formula is C17H16Cl2N2O2. The molecule has 2 aromatic carbocycles. The molecule has 6 heteroatoms. The van der Waals surface area contributed by atoms with E-state index in [9.17, 15) is 9.59 Å². The minimum atomic E-state index is -0.355. The maximum absolute atomic E-state index is 12.2. The van der Waals surface area contributed by atoms with Crippen molar-refractivity contribution in [1.82, 2.24) is 4.90 Å². The molecule has 0 spiro atoms. The lowest BCUT2D eigenvalue weighted by Crippen LogP contribution is -2.36. The van der Waals surface area contributed by atoms with Crippen LogP contribution in [0.2, 0.25) is 10.0 Å². The van der Waals surface area contributed by atoms with Crippen molar-refractivity contribution in [2.45, 2.75) is 13.5 Å². The van der Waals surface area contributed by atoms with Crippen molar-refractivity contribution in [3.63, 3.8) is 0 Å². The number of anilines is 1. The normalized spacial score (nSPS) is 10.2. The summed E-state index contributed by atoms with van der Waals surface area (Å²) in [4.78, 5) is 25.4. The minimum Gasteiger partial charge on any atom is -0.329 e. The van der Waals surface area contributed by atoms with E-state index in [4.69, 9.17) is 23.2 Å². The van der Waals surface area contributed by atoms with Crippen LogP contribution in [0.15, 0.2) is 48.5 Å². The number of amides is 2. The third kappa shape index (κ3) is 4.98. The molecule has 0 saturated heterocycles. The van der Waals surface area contributed by atoms with Crippen molar-refractivity contribution in [2.75, 3.05) is 11.9 Å². The molecule has 4 nitrogen and oxygen atoms in total. The van der Waals surface area contributed by atoms with Gasteiger partial charge in [0, 0.05) is 13.5 Å². The predicted octanol–water partition coefficient (Wildman–Crippen LogP) is 3.98. The number of nitrogens with one attached hydrogen (secondary N) is 1. The Morgan fingerprint density at radius 2 is 1.61 bits per heavy atom. The molecule has 0 unspecified atom stereocenters. The molecule has 0 aliphatic rings. The molecule has 0 bridgehead atoms. The Balaban J connectivity index is 2.05. The van der Waals surface area contributed by atoms with E-state index in [2.05, 4.69) is 5.32 Å². The fourth-order valence-corrected chi connectivity index (χ4v) is 2.54. The Bertz CT molecular complexity index is 685. The first-order valence-electron chi connectivity index (χ1n) is 7.00. The highest BCUT2D eigenvalue weighted by atomic mass is 35.5. The zero-order chi connectivity index (χ0) is 16.8. The van der Waals surface area contributed by atoms with Crippen LogP contribution in [-0.4, -0.2) is 23.3 Å². The fraction of sp³-hybridized carbons (Fsp3) is 0.176. The summed E-state index contributed by atoms with van der Waals surface area (Å²) in [6.07, 6.45) is 0. The lowest BCUT2D eigenvalue weighted by molar-refractivity contribution is -0.133. The van der Waals surface area contributed by atoms with E-state index in [-0.39, 0.29) is 18.4 Å². The van der Waals surface area contributed by atoms with Gasteiger partial charge in [-0.3, -0.25) is 9.59 Å². The minimum absolute atomic E-state index is 0.0776. The van der Waals surface area contributed by atoms with Gasteiger partial charge in [-0.2, -0.15) is 0 Å². The van der Waals surface area contributed by atoms with Gasteiger partial charge in [0.25, 0.3) is 0 Å². The molecule has 120 valence electrons. The van der Waals surface area contributed by atoms with Gasteiger partial charge in [0.2, 0.25) is 11.8 Å². The van der Waals surface area contributed by atoms with E-state index in [1.54, 1.807) is 18.2 Å². The van der Waals surface area contributed by atoms with Gasteiger partial charge in [0.05, 0.1) is 15.7 Å². The molecule has 0 aliphatic carbocycles. The van der Waals surface area contributed by atoms with Crippen molar-refractivity contribution >= 4 is 40.7 Å². The van der Waals surface area contributed by atoms with Crippen LogP contribution in [0.1, 0.15) is 12.5 Å². The van der Waals surface area contributed by atoms with Crippen molar-refractivity contribution in [3.05, 3.63) is 64.1 Å². The second kappa shape index (κ2) is 7.99. The van der Waals surface area contributed by atoms with Crippen LogP contribution in [0.25, 0.3) is 0 Å². The zero-order valence-electron chi connectivity index (χ0n) is 12.6. The summed E-state index contributed by atoms with van der Waals surface area (Å²) in [5, 5.41) is 3.35. The van der Waals surface area contributed by atoms with Gasteiger partial charge < -0.3 is 10.2 Å². The highest BCUT2D eigenvalue weighted by Gasteiger charge is 2.16. The maximum Gasteiger partial charge on any atom is 0.244 e. The molecule has 2 amide bonds. The van der Waals surface area contributed by atoms with Crippen LogP contribution in [0.4, 0.5) is 5.69 Å². The van der Waals surface area contributed by atoms with Crippen LogP contribution in [-0.2, 0) is 16.1 Å². The quantitative estimate of drug-likeness (QED) is 0.886. The Hall–Kier alpha value is -2.04. The molecule has 0 aromatic heterocycles. The number of halogens is 2. The Morgan fingerprint density at radius 1 is 1.00 bits per heavy atom. The van der Waals surface area contributed by atoms with Gasteiger partial charge in [-0.15, -0.1) is 0 Å². The van der Waals surface area contributed by atoms with Crippen LogP contribution in [0, 0.1) is 0 Å². The Kier molecular flexibility index (Phi) is 6.02. The highest BCUT2D eigenvalue weighted by Crippen LogP contribution is 2.29. The molecule has 2 aromatic rings. The first-order chi connectivity index (χ1) is 11.0. The number of nitrogens with zero attached hydrogens (tertiary/aromatic N) is 1. The van der Waals surface area contributed by atoms with Crippen molar-refractivity contribution < 1.29 is 9.59 Å². The SMILES string of the molecule is CC(=O)N(CC(=O)Nc1c(Cl)cccc1Cl)Cc1ccccc1. The summed E-state index contributed by atoms with van der Waals surface area (Å²) in [7, 11) is 0. The lowest BCUT2D eigenvalue weighted by Gasteiger charge is -2.21. The molecule has 0 fully saturated rings. The van der Waals surface area contributed by atoms with Crippen LogP contribution < -0.4 is 5.32 Å².